The van der Waals surface area contributed by atoms with Crippen molar-refractivity contribution < 1.29 is 28.7 Å². The number of carbonyl (C=O) groups excluding carboxylic acids is 4. The maximum absolute atomic E-state index is 14.9. The third-order valence-electron chi connectivity index (χ3n) is 9.94. The van der Waals surface area contributed by atoms with Crippen LogP contribution in [-0.4, -0.2) is 44.7 Å². The quantitative estimate of drug-likeness (QED) is 0.139. The van der Waals surface area contributed by atoms with Gasteiger partial charge < -0.3 is 14.4 Å². The van der Waals surface area contributed by atoms with Crippen LogP contribution in [0.25, 0.3) is 0 Å². The number of hydrogen-bond donors (Lipinski definition) is 0. The number of thioether (sulfide) groups is 1. The summed E-state index contributed by atoms with van der Waals surface area (Å²) in [4.78, 5) is 58.3. The Morgan fingerprint density at radius 2 is 1.33 bits per heavy atom. The molecule has 3 aliphatic rings. The Hall–Kier alpha value is -4.95. The number of carbonyl (C=O) groups is 4. The van der Waals surface area contributed by atoms with E-state index in [9.17, 15) is 19.2 Å². The van der Waals surface area contributed by atoms with Gasteiger partial charge in [0.25, 0.3) is 0 Å². The third-order valence-corrected chi connectivity index (χ3v) is 11.6. The molecule has 0 aromatic heterocycles. The number of β-lactam (4-membered cyclic amide) rings is 1. The summed E-state index contributed by atoms with van der Waals surface area (Å²) in [6, 6.07) is 36.9. The number of rotatable bonds is 9. The average molecular weight is 672 g/mol. The summed E-state index contributed by atoms with van der Waals surface area (Å²) in [6.45, 7) is 5.32. The van der Waals surface area contributed by atoms with Gasteiger partial charge in [-0.05, 0) is 43.0 Å². The molecule has 4 aromatic carbocycles. The Labute approximate surface area is 290 Å². The largest absolute Gasteiger partial charge is 0.457 e. The van der Waals surface area contributed by atoms with Crippen LogP contribution >= 0.6 is 11.8 Å². The predicted octanol–water partition coefficient (Wildman–Crippen LogP) is 7.04. The highest BCUT2D eigenvalue weighted by Gasteiger charge is 2.78. The number of hydrogen-bond acceptors (Lipinski definition) is 7. The van der Waals surface area contributed by atoms with Crippen LogP contribution in [-0.2, 0) is 35.3 Å². The Kier molecular flexibility index (Phi) is 8.53. The molecule has 4 aromatic rings. The van der Waals surface area contributed by atoms with E-state index in [2.05, 4.69) is 0 Å². The van der Waals surface area contributed by atoms with Gasteiger partial charge in [-0.1, -0.05) is 127 Å². The maximum Gasteiger partial charge on any atom is 0.334 e. The van der Waals surface area contributed by atoms with Gasteiger partial charge in [-0.25, -0.2) is 9.59 Å². The highest BCUT2D eigenvalue weighted by atomic mass is 32.2. The van der Waals surface area contributed by atoms with E-state index in [0.717, 1.165) is 22.3 Å². The van der Waals surface area contributed by atoms with Crippen molar-refractivity contribution in [3.05, 3.63) is 155 Å². The van der Waals surface area contributed by atoms with E-state index in [1.807, 2.05) is 135 Å². The number of ketones is 1. The van der Waals surface area contributed by atoms with Crippen LogP contribution in [0.5, 0.6) is 0 Å². The number of esters is 2. The lowest BCUT2D eigenvalue weighted by molar-refractivity contribution is -0.183. The number of fused-ring (bicyclic) bond motifs is 2. The van der Waals surface area contributed by atoms with Crippen molar-refractivity contribution in [2.45, 2.75) is 55.6 Å². The number of benzene rings is 4. The molecule has 2 fully saturated rings. The topological polar surface area (TPSA) is 90.0 Å². The molecule has 0 saturated carbocycles. The van der Waals surface area contributed by atoms with Crippen LogP contribution in [0.1, 0.15) is 55.0 Å². The molecule has 8 heteroatoms. The molecule has 2 saturated heterocycles. The fourth-order valence-corrected chi connectivity index (χ4v) is 9.66. The molecule has 1 amide bonds. The average Bonchev–Trinajstić information content (AvgIpc) is 3.63. The molecule has 2 heterocycles. The van der Waals surface area contributed by atoms with Gasteiger partial charge in [0.05, 0.1) is 11.3 Å². The lowest BCUT2D eigenvalue weighted by atomic mass is 9.60. The molecule has 7 nitrogen and oxygen atoms in total. The van der Waals surface area contributed by atoms with E-state index in [1.165, 1.54) is 18.7 Å². The first-order valence-corrected chi connectivity index (χ1v) is 17.3. The minimum atomic E-state index is -1.32. The number of allylic oxidation sites excluding steroid dienone is 1. The van der Waals surface area contributed by atoms with E-state index in [-0.39, 0.29) is 23.9 Å². The summed E-state index contributed by atoms with van der Waals surface area (Å²) in [5.74, 6) is -3.43. The van der Waals surface area contributed by atoms with Gasteiger partial charge in [0.15, 0.2) is 6.10 Å². The summed E-state index contributed by atoms with van der Waals surface area (Å²) < 4.78 is 11.3. The molecule has 5 atom stereocenters. The summed E-state index contributed by atoms with van der Waals surface area (Å²) in [6.07, 6.45) is 1.07. The molecular formula is C41H37NO6S. The molecule has 1 spiro atoms. The van der Waals surface area contributed by atoms with Crippen molar-refractivity contribution in [1.29, 1.82) is 0 Å². The minimum Gasteiger partial charge on any atom is -0.457 e. The highest BCUT2D eigenvalue weighted by Crippen LogP contribution is 2.69. The normalized spacial score (nSPS) is 25.0. The molecule has 0 bridgehead atoms. The van der Waals surface area contributed by atoms with Crippen molar-refractivity contribution in [3.63, 3.8) is 0 Å². The van der Waals surface area contributed by atoms with Crippen molar-refractivity contribution >= 4 is 35.4 Å². The first-order chi connectivity index (χ1) is 23.6. The zero-order chi connectivity index (χ0) is 34.3. The number of Topliss-reactive ketones (excluding diaryl/α,β-unsaturated/α-hetero) is 1. The van der Waals surface area contributed by atoms with Crippen LogP contribution in [0, 0.1) is 11.3 Å². The van der Waals surface area contributed by atoms with Crippen LogP contribution in [0.3, 0.4) is 0 Å². The fraction of sp³-hybridized carbons (Fsp3) is 0.268. The van der Waals surface area contributed by atoms with E-state index in [0.29, 0.717) is 0 Å². The van der Waals surface area contributed by atoms with Crippen LogP contribution in [0.2, 0.25) is 0 Å². The van der Waals surface area contributed by atoms with Crippen LogP contribution < -0.4 is 0 Å². The monoisotopic (exact) mass is 671 g/mol. The lowest BCUT2D eigenvalue weighted by Gasteiger charge is -2.57. The maximum atomic E-state index is 14.9. The molecule has 0 N–H and O–H groups in total. The third kappa shape index (κ3) is 5.48. The summed E-state index contributed by atoms with van der Waals surface area (Å²) in [5, 5.41) is -0.575. The zero-order valence-electron chi connectivity index (χ0n) is 27.5. The summed E-state index contributed by atoms with van der Waals surface area (Å²) >= 11 is 1.48. The van der Waals surface area contributed by atoms with Gasteiger partial charge in [-0.15, -0.1) is 11.8 Å². The van der Waals surface area contributed by atoms with Gasteiger partial charge >= 0.3 is 11.9 Å². The van der Waals surface area contributed by atoms with Gasteiger partial charge in [0.2, 0.25) is 5.91 Å². The van der Waals surface area contributed by atoms with Gasteiger partial charge in [-0.3, -0.25) is 9.59 Å². The molecule has 1 aliphatic carbocycles. The number of amides is 1. The molecule has 1 unspecified atom stereocenters. The van der Waals surface area contributed by atoms with Gasteiger partial charge in [-0.2, -0.15) is 0 Å². The SMILES string of the molecule is CC(=O)[C@H]1C(C(=O)OCc2ccccc2)=C[C@H](c2ccccc2)C12C(=O)N1[C@@H](C(=O)OC(c3ccccc3)c3ccccc3)C(C)(C)S[C@@H]12. The molecule has 49 heavy (non-hydrogen) atoms. The standard InChI is InChI=1S/C41H37NO6S/c1-26(43)33-31(36(44)47-25-27-16-8-4-9-17-27)24-32(28-18-10-5-11-19-28)41(33)38(46)42-35(40(2,3)49-39(41)42)37(45)48-34(29-20-12-6-13-21-29)30-22-14-7-15-23-30/h4-24,32-35,39H,25H2,1-3H3/t32-,33+,35+,39-,41?/m1/s1. The Bertz CT molecular complexity index is 1870. The van der Waals surface area contributed by atoms with Gasteiger partial charge in [0.1, 0.15) is 23.8 Å². The van der Waals surface area contributed by atoms with Crippen molar-refractivity contribution in [2.24, 2.45) is 11.3 Å². The lowest BCUT2D eigenvalue weighted by Crippen LogP contribution is -2.73. The van der Waals surface area contributed by atoms with Crippen molar-refractivity contribution in [1.82, 2.24) is 4.90 Å². The smallest absolute Gasteiger partial charge is 0.334 e. The Morgan fingerprint density at radius 3 is 1.88 bits per heavy atom. The zero-order valence-corrected chi connectivity index (χ0v) is 28.3. The van der Waals surface area contributed by atoms with Crippen LogP contribution in [0.15, 0.2) is 133 Å². The second-order valence-electron chi connectivity index (χ2n) is 13.4. The highest BCUT2D eigenvalue weighted by molar-refractivity contribution is 8.01. The number of nitrogens with zero attached hydrogens (tertiary/aromatic N) is 1. The van der Waals surface area contributed by atoms with E-state index < -0.39 is 51.5 Å². The minimum absolute atomic E-state index is 0.0355. The fourth-order valence-electron chi connectivity index (χ4n) is 7.84. The van der Waals surface area contributed by atoms with E-state index in [1.54, 1.807) is 11.0 Å². The first kappa shape index (κ1) is 32.6. The number of ether oxygens (including phenoxy) is 2. The predicted molar refractivity (Wildman–Crippen MR) is 187 cm³/mol. The van der Waals surface area contributed by atoms with Crippen molar-refractivity contribution in [3.8, 4) is 0 Å². The van der Waals surface area contributed by atoms with E-state index >= 15 is 0 Å². The van der Waals surface area contributed by atoms with Crippen molar-refractivity contribution in [2.75, 3.05) is 0 Å². The summed E-state index contributed by atoms with van der Waals surface area (Å²) in [7, 11) is 0. The molecular weight excluding hydrogens is 635 g/mol. The Balaban J connectivity index is 1.24. The first-order valence-electron chi connectivity index (χ1n) is 16.4. The Morgan fingerprint density at radius 1 is 0.796 bits per heavy atom. The second-order valence-corrected chi connectivity index (χ2v) is 15.1. The van der Waals surface area contributed by atoms with E-state index in [4.69, 9.17) is 9.47 Å². The second kappa shape index (κ2) is 12.8. The molecule has 2 aliphatic heterocycles. The van der Waals surface area contributed by atoms with Crippen LogP contribution in [0.4, 0.5) is 0 Å². The molecule has 248 valence electrons. The molecule has 7 rings (SSSR count). The molecule has 0 radical (unpaired) electrons. The summed E-state index contributed by atoms with van der Waals surface area (Å²) in [5.41, 5.74) is 2.12. The van der Waals surface area contributed by atoms with Gasteiger partial charge in [0, 0.05) is 16.2 Å².